The first kappa shape index (κ1) is 27.8. The summed E-state index contributed by atoms with van der Waals surface area (Å²) in [5, 5.41) is 11.1. The summed E-state index contributed by atoms with van der Waals surface area (Å²) >= 11 is 5.79. The quantitative estimate of drug-likeness (QED) is 0.275. The number of hydrogen-bond donors (Lipinski definition) is 3. The maximum atomic E-state index is 14.5. The molecule has 0 unspecified atom stereocenters. The molecule has 10 nitrogen and oxygen atoms in total. The lowest BCUT2D eigenvalue weighted by Gasteiger charge is -2.22. The average molecular weight is 588 g/mol. The number of nitrogens with one attached hydrogen (secondary N) is 3. The van der Waals surface area contributed by atoms with Crippen LogP contribution in [0.2, 0.25) is 5.02 Å². The van der Waals surface area contributed by atoms with E-state index in [2.05, 4.69) is 20.5 Å². The lowest BCUT2D eigenvalue weighted by molar-refractivity contribution is -0.126. The molecule has 1 amide bonds. The first-order chi connectivity index (χ1) is 19.2. The van der Waals surface area contributed by atoms with E-state index in [1.165, 1.54) is 13.2 Å². The van der Waals surface area contributed by atoms with Gasteiger partial charge in [-0.3, -0.25) is 14.2 Å². The number of methoxy groups -OCH3 is 1. The summed E-state index contributed by atoms with van der Waals surface area (Å²) in [7, 11) is -2.87. The first-order valence-corrected chi connectivity index (χ1v) is 14.3. The van der Waals surface area contributed by atoms with E-state index in [-0.39, 0.29) is 22.8 Å². The number of fused-ring (bicyclic) bond motifs is 1. The van der Waals surface area contributed by atoms with Crippen molar-refractivity contribution in [1.82, 2.24) is 20.4 Å². The van der Waals surface area contributed by atoms with Crippen molar-refractivity contribution in [1.29, 1.82) is 0 Å². The largest absolute Gasteiger partial charge is 0.496 e. The molecule has 1 saturated heterocycles. The number of carbonyl (C=O) groups excluding carboxylic acids is 1. The van der Waals surface area contributed by atoms with Crippen molar-refractivity contribution >= 4 is 44.3 Å². The summed E-state index contributed by atoms with van der Waals surface area (Å²) in [6, 6.07) is 15.8. The van der Waals surface area contributed by atoms with Gasteiger partial charge in [-0.1, -0.05) is 41.9 Å². The molecule has 2 heterocycles. The molecular weight excluding hydrogens is 561 g/mol. The minimum absolute atomic E-state index is 0.00702. The molecule has 5 rings (SSSR count). The smallest absolute Gasteiger partial charge is 0.266 e. The van der Waals surface area contributed by atoms with Crippen molar-refractivity contribution in [2.24, 2.45) is 0 Å². The number of rotatable bonds is 9. The molecule has 1 aliphatic rings. The lowest BCUT2D eigenvalue weighted by Crippen LogP contribution is -2.51. The Hall–Kier alpha value is -3.71. The standard InChI is InChI=1S/C27H27ClFN5O5S/c1-38-23-7-3-6-22-25(23)26(33-40(36,37)24-9-8-19(28)13-20(24)29)32-34(22)15-18-5-2-4-17(12-18)14-31-27(35)21-16-39-11-10-30-21/h2-9,12-13,21,30H,10-11,14-16H2,1H3,(H,31,35)(H,32,33)/t21-/m1/s1. The van der Waals surface area contributed by atoms with Crippen molar-refractivity contribution in [3.63, 3.8) is 0 Å². The van der Waals surface area contributed by atoms with Crippen molar-refractivity contribution < 1.29 is 27.1 Å². The number of sulfonamides is 1. The number of morpholine rings is 1. The number of aromatic nitrogens is 2. The third kappa shape index (κ3) is 6.04. The molecule has 0 bridgehead atoms. The highest BCUT2D eigenvalue weighted by Gasteiger charge is 2.24. The Morgan fingerprint density at radius 3 is 2.75 bits per heavy atom. The summed E-state index contributed by atoms with van der Waals surface area (Å²) in [4.78, 5) is 11.9. The number of hydrogen-bond acceptors (Lipinski definition) is 7. The second-order valence-corrected chi connectivity index (χ2v) is 11.2. The van der Waals surface area contributed by atoms with Gasteiger partial charge in [-0.15, -0.1) is 0 Å². The van der Waals surface area contributed by atoms with Crippen molar-refractivity contribution in [3.8, 4) is 5.75 Å². The van der Waals surface area contributed by atoms with E-state index >= 15 is 0 Å². The van der Waals surface area contributed by atoms with Crippen LogP contribution in [0.5, 0.6) is 5.75 Å². The third-order valence-corrected chi connectivity index (χ3v) is 8.01. The van der Waals surface area contributed by atoms with Gasteiger partial charge in [0.1, 0.15) is 22.5 Å². The Balaban J connectivity index is 1.40. The first-order valence-electron chi connectivity index (χ1n) is 12.4. The van der Waals surface area contributed by atoms with Crippen LogP contribution in [0.4, 0.5) is 10.2 Å². The Morgan fingerprint density at radius 1 is 1.20 bits per heavy atom. The van der Waals surface area contributed by atoms with Gasteiger partial charge in [0.05, 0.1) is 37.8 Å². The van der Waals surface area contributed by atoms with Crippen LogP contribution in [0, 0.1) is 5.82 Å². The van der Waals surface area contributed by atoms with Crippen LogP contribution in [0.1, 0.15) is 11.1 Å². The van der Waals surface area contributed by atoms with E-state index < -0.39 is 20.7 Å². The molecule has 1 fully saturated rings. The Labute approximate surface area is 235 Å². The fourth-order valence-corrected chi connectivity index (χ4v) is 5.72. The topological polar surface area (TPSA) is 124 Å². The molecule has 210 valence electrons. The Bertz CT molecular complexity index is 1660. The number of amides is 1. The summed E-state index contributed by atoms with van der Waals surface area (Å²) < 4.78 is 55.5. The highest BCUT2D eigenvalue weighted by atomic mass is 35.5. The number of carbonyl (C=O) groups is 1. The third-order valence-electron chi connectivity index (χ3n) is 6.40. The van der Waals surface area contributed by atoms with Gasteiger partial charge in [-0.25, -0.2) is 12.8 Å². The molecule has 1 aliphatic heterocycles. The fourth-order valence-electron chi connectivity index (χ4n) is 4.49. The van der Waals surface area contributed by atoms with E-state index in [9.17, 15) is 17.6 Å². The predicted octanol–water partition coefficient (Wildman–Crippen LogP) is 3.29. The number of halogens is 2. The van der Waals surface area contributed by atoms with Gasteiger partial charge in [0.15, 0.2) is 5.82 Å². The van der Waals surface area contributed by atoms with E-state index in [1.54, 1.807) is 22.9 Å². The normalized spacial score (nSPS) is 15.6. The average Bonchev–Trinajstić information content (AvgIpc) is 3.28. The summed E-state index contributed by atoms with van der Waals surface area (Å²) in [5.74, 6) is -0.724. The molecule has 1 aromatic heterocycles. The number of ether oxygens (including phenoxy) is 2. The van der Waals surface area contributed by atoms with E-state index in [1.807, 2.05) is 24.3 Å². The van der Waals surface area contributed by atoms with Gasteiger partial charge in [0.25, 0.3) is 10.0 Å². The van der Waals surface area contributed by atoms with Gasteiger partial charge in [-0.2, -0.15) is 5.10 Å². The second kappa shape index (κ2) is 11.8. The van der Waals surface area contributed by atoms with Crippen LogP contribution in [-0.4, -0.2) is 57.0 Å². The zero-order chi connectivity index (χ0) is 28.3. The van der Waals surface area contributed by atoms with E-state index in [0.717, 1.165) is 23.3 Å². The van der Waals surface area contributed by atoms with Crippen molar-refractivity contribution in [2.75, 3.05) is 31.6 Å². The minimum Gasteiger partial charge on any atom is -0.496 e. The van der Waals surface area contributed by atoms with Gasteiger partial charge in [0.2, 0.25) is 5.91 Å². The molecular formula is C27H27ClFN5O5S. The molecule has 3 aromatic carbocycles. The zero-order valence-electron chi connectivity index (χ0n) is 21.5. The van der Waals surface area contributed by atoms with Gasteiger partial charge < -0.3 is 20.1 Å². The number of anilines is 1. The maximum absolute atomic E-state index is 14.5. The highest BCUT2D eigenvalue weighted by Crippen LogP contribution is 2.34. The van der Waals surface area contributed by atoms with E-state index in [0.29, 0.717) is 49.5 Å². The summed E-state index contributed by atoms with van der Waals surface area (Å²) in [5.41, 5.74) is 2.36. The molecule has 13 heteroatoms. The second-order valence-electron chi connectivity index (χ2n) is 9.16. The number of nitrogens with zero attached hydrogens (tertiary/aromatic N) is 2. The van der Waals surface area contributed by atoms with Crippen LogP contribution in [-0.2, 0) is 32.6 Å². The fraction of sp³-hybridized carbons (Fsp3) is 0.259. The van der Waals surface area contributed by atoms with Crippen LogP contribution >= 0.6 is 11.6 Å². The molecule has 0 aliphatic carbocycles. The Kier molecular flexibility index (Phi) is 8.22. The van der Waals surface area contributed by atoms with Crippen molar-refractivity contribution in [2.45, 2.75) is 24.0 Å². The highest BCUT2D eigenvalue weighted by molar-refractivity contribution is 7.92. The molecule has 1 atom stereocenters. The number of benzene rings is 3. The van der Waals surface area contributed by atoms with Crippen LogP contribution in [0.15, 0.2) is 65.6 Å². The molecule has 0 radical (unpaired) electrons. The van der Waals surface area contributed by atoms with Gasteiger partial charge in [-0.05, 0) is 41.5 Å². The molecule has 0 saturated carbocycles. The minimum atomic E-state index is -4.34. The van der Waals surface area contributed by atoms with Crippen molar-refractivity contribution in [3.05, 3.63) is 82.6 Å². The molecule has 0 spiro atoms. The summed E-state index contributed by atoms with van der Waals surface area (Å²) in [6.45, 7) is 2.17. The Morgan fingerprint density at radius 2 is 2.00 bits per heavy atom. The zero-order valence-corrected chi connectivity index (χ0v) is 23.1. The van der Waals surface area contributed by atoms with Gasteiger partial charge >= 0.3 is 0 Å². The predicted molar refractivity (Wildman–Crippen MR) is 149 cm³/mol. The SMILES string of the molecule is COc1cccc2c1c(NS(=O)(=O)c1ccc(Cl)cc1F)nn2Cc1cccc(CNC(=O)[C@H]2COCCN2)c1. The van der Waals surface area contributed by atoms with Gasteiger partial charge in [0, 0.05) is 18.1 Å². The lowest BCUT2D eigenvalue weighted by atomic mass is 10.1. The van der Waals surface area contributed by atoms with E-state index in [4.69, 9.17) is 21.1 Å². The van der Waals surface area contributed by atoms with Crippen LogP contribution < -0.4 is 20.1 Å². The maximum Gasteiger partial charge on any atom is 0.266 e. The molecule has 3 N–H and O–H groups in total. The van der Waals surface area contributed by atoms with Crippen LogP contribution in [0.3, 0.4) is 0 Å². The summed E-state index contributed by atoms with van der Waals surface area (Å²) in [6.07, 6.45) is 0. The van der Waals surface area contributed by atoms with Crippen LogP contribution in [0.25, 0.3) is 10.9 Å². The molecule has 4 aromatic rings. The molecule has 40 heavy (non-hydrogen) atoms. The monoisotopic (exact) mass is 587 g/mol.